The number of nitrogens with zero attached hydrogens (tertiary/aromatic N) is 4. The van der Waals surface area contributed by atoms with Crippen molar-refractivity contribution in [1.82, 2.24) is 15.2 Å². The molecule has 0 aliphatic carbocycles. The molecule has 2 aromatic carbocycles. The molecule has 0 fully saturated rings. The van der Waals surface area contributed by atoms with Crippen molar-refractivity contribution >= 4 is 46.1 Å². The van der Waals surface area contributed by atoms with Crippen molar-refractivity contribution in [1.29, 1.82) is 0 Å². The SMILES string of the molecule is Cc1nc(C)c(-c2nnc(SCC(=O)N(c3ccc(Nc4ccccc4)cc3)C(C)C)o2)s1. The standard InChI is InChI=1S/C24H25N5O2S2/c1-15(2)29(20-12-10-19(11-13-20)26-18-8-6-5-7-9-18)21(30)14-32-24-28-27-23(31-24)22-16(3)25-17(4)33-22/h5-13,15,26H,14H2,1-4H3. The number of amides is 1. The number of carbonyl (C=O) groups excluding carboxylic acids is 1. The van der Waals surface area contributed by atoms with Gasteiger partial charge in [0.1, 0.15) is 4.88 Å². The van der Waals surface area contributed by atoms with Crippen molar-refractivity contribution < 1.29 is 9.21 Å². The van der Waals surface area contributed by atoms with Crippen molar-refractivity contribution in [2.45, 2.75) is 39.0 Å². The third-order valence-corrected chi connectivity index (χ3v) is 6.68. The first-order valence-electron chi connectivity index (χ1n) is 10.6. The highest BCUT2D eigenvalue weighted by Crippen LogP contribution is 2.31. The molecule has 0 saturated carbocycles. The second-order valence-corrected chi connectivity index (χ2v) is 9.83. The van der Waals surface area contributed by atoms with Gasteiger partial charge >= 0.3 is 0 Å². The third-order valence-electron chi connectivity index (χ3n) is 4.82. The summed E-state index contributed by atoms with van der Waals surface area (Å²) in [4.78, 5) is 20.1. The molecule has 0 radical (unpaired) electrons. The van der Waals surface area contributed by atoms with Crippen molar-refractivity contribution in [3.8, 4) is 10.8 Å². The number of nitrogens with one attached hydrogen (secondary N) is 1. The minimum Gasteiger partial charge on any atom is -0.410 e. The molecular formula is C24H25N5O2S2. The Kier molecular flexibility index (Phi) is 7.10. The van der Waals surface area contributed by atoms with Gasteiger partial charge in [-0.1, -0.05) is 30.0 Å². The van der Waals surface area contributed by atoms with E-state index in [9.17, 15) is 4.79 Å². The van der Waals surface area contributed by atoms with Crippen molar-refractivity contribution in [2.24, 2.45) is 0 Å². The quantitative estimate of drug-likeness (QED) is 0.306. The van der Waals surface area contributed by atoms with Gasteiger partial charge in [0.25, 0.3) is 11.1 Å². The van der Waals surface area contributed by atoms with E-state index in [4.69, 9.17) is 4.42 Å². The summed E-state index contributed by atoms with van der Waals surface area (Å²) in [5.74, 6) is 0.614. The van der Waals surface area contributed by atoms with Crippen LogP contribution in [0.15, 0.2) is 64.2 Å². The average Bonchev–Trinajstić information content (AvgIpc) is 3.39. The molecule has 33 heavy (non-hydrogen) atoms. The van der Waals surface area contributed by atoms with E-state index < -0.39 is 0 Å². The van der Waals surface area contributed by atoms with E-state index in [1.807, 2.05) is 82.3 Å². The maximum absolute atomic E-state index is 13.1. The molecule has 0 aliphatic heterocycles. The number of aryl methyl sites for hydroxylation is 2. The number of thiazole rings is 1. The third kappa shape index (κ3) is 5.61. The van der Waals surface area contributed by atoms with Crippen LogP contribution in [0, 0.1) is 13.8 Å². The lowest BCUT2D eigenvalue weighted by atomic mass is 10.2. The Balaban J connectivity index is 1.41. The fraction of sp³-hybridized carbons (Fsp3) is 0.250. The van der Waals surface area contributed by atoms with Gasteiger partial charge < -0.3 is 14.6 Å². The van der Waals surface area contributed by atoms with Gasteiger partial charge in [-0.05, 0) is 64.1 Å². The Morgan fingerprint density at radius 3 is 2.39 bits per heavy atom. The Morgan fingerprint density at radius 2 is 1.76 bits per heavy atom. The Bertz CT molecular complexity index is 1220. The van der Waals surface area contributed by atoms with Crippen molar-refractivity contribution in [2.75, 3.05) is 16.0 Å². The molecule has 4 aromatic rings. The number of carbonyl (C=O) groups is 1. The summed E-state index contributed by atoms with van der Waals surface area (Å²) in [5, 5.41) is 12.9. The molecule has 170 valence electrons. The van der Waals surface area contributed by atoms with Gasteiger partial charge in [0.2, 0.25) is 5.91 Å². The molecule has 7 nitrogen and oxygen atoms in total. The van der Waals surface area contributed by atoms with E-state index >= 15 is 0 Å². The van der Waals surface area contributed by atoms with Crippen LogP contribution in [0.4, 0.5) is 17.1 Å². The Labute approximate surface area is 201 Å². The molecule has 0 saturated heterocycles. The van der Waals surface area contributed by atoms with Gasteiger partial charge in [0.05, 0.1) is 16.5 Å². The van der Waals surface area contributed by atoms with Gasteiger partial charge in [-0.15, -0.1) is 21.5 Å². The van der Waals surface area contributed by atoms with Crippen LogP contribution < -0.4 is 10.2 Å². The van der Waals surface area contributed by atoms with E-state index in [2.05, 4.69) is 20.5 Å². The first kappa shape index (κ1) is 23.0. The summed E-state index contributed by atoms with van der Waals surface area (Å²) in [7, 11) is 0. The predicted octanol–water partition coefficient (Wildman–Crippen LogP) is 6.09. The Morgan fingerprint density at radius 1 is 1.06 bits per heavy atom. The summed E-state index contributed by atoms with van der Waals surface area (Å²) in [6.45, 7) is 7.86. The largest absolute Gasteiger partial charge is 0.410 e. The highest BCUT2D eigenvalue weighted by Gasteiger charge is 2.21. The number of hydrogen-bond donors (Lipinski definition) is 1. The fourth-order valence-electron chi connectivity index (χ4n) is 3.41. The van der Waals surface area contributed by atoms with Crippen LogP contribution in [0.1, 0.15) is 24.5 Å². The molecule has 0 bridgehead atoms. The molecule has 9 heteroatoms. The lowest BCUT2D eigenvalue weighted by Gasteiger charge is -2.27. The van der Waals surface area contributed by atoms with Gasteiger partial charge in [-0.3, -0.25) is 4.79 Å². The summed E-state index contributed by atoms with van der Waals surface area (Å²) < 4.78 is 5.76. The highest BCUT2D eigenvalue weighted by molar-refractivity contribution is 7.99. The zero-order valence-corrected chi connectivity index (χ0v) is 20.5. The molecule has 2 aromatic heterocycles. The number of para-hydroxylation sites is 1. The predicted molar refractivity (Wildman–Crippen MR) is 134 cm³/mol. The maximum atomic E-state index is 13.1. The van der Waals surface area contributed by atoms with E-state index in [0.29, 0.717) is 11.1 Å². The van der Waals surface area contributed by atoms with Crippen LogP contribution in [0.25, 0.3) is 10.8 Å². The first-order valence-corrected chi connectivity index (χ1v) is 12.4. The highest BCUT2D eigenvalue weighted by atomic mass is 32.2. The van der Waals surface area contributed by atoms with E-state index in [1.54, 1.807) is 4.90 Å². The number of rotatable bonds is 8. The second kappa shape index (κ2) is 10.2. The van der Waals surface area contributed by atoms with E-state index in [-0.39, 0.29) is 17.7 Å². The molecule has 4 rings (SSSR count). The molecule has 0 aliphatic rings. The second-order valence-electron chi connectivity index (χ2n) is 7.70. The smallest absolute Gasteiger partial charge is 0.277 e. The maximum Gasteiger partial charge on any atom is 0.277 e. The van der Waals surface area contributed by atoms with Crippen LogP contribution >= 0.6 is 23.1 Å². The van der Waals surface area contributed by atoms with Crippen LogP contribution in [-0.2, 0) is 4.79 Å². The van der Waals surface area contributed by atoms with Crippen LogP contribution in [0.2, 0.25) is 0 Å². The number of hydrogen-bond acceptors (Lipinski definition) is 8. The fourth-order valence-corrected chi connectivity index (χ4v) is 4.87. The summed E-state index contributed by atoms with van der Waals surface area (Å²) in [6, 6.07) is 17.8. The minimum absolute atomic E-state index is 0.00657. The summed E-state index contributed by atoms with van der Waals surface area (Å²) in [6.07, 6.45) is 0. The van der Waals surface area contributed by atoms with E-state index in [1.165, 1.54) is 23.1 Å². The van der Waals surface area contributed by atoms with Crippen molar-refractivity contribution in [3.63, 3.8) is 0 Å². The molecule has 1 amide bonds. The number of benzene rings is 2. The zero-order chi connectivity index (χ0) is 23.4. The lowest BCUT2D eigenvalue weighted by molar-refractivity contribution is -0.116. The molecule has 2 heterocycles. The molecule has 0 spiro atoms. The number of anilines is 3. The summed E-state index contributed by atoms with van der Waals surface area (Å²) >= 11 is 2.76. The van der Waals surface area contributed by atoms with Crippen molar-refractivity contribution in [3.05, 3.63) is 65.3 Å². The molecular weight excluding hydrogens is 454 g/mol. The number of aromatic nitrogens is 3. The van der Waals surface area contributed by atoms with Gasteiger partial charge in [-0.2, -0.15) is 0 Å². The lowest BCUT2D eigenvalue weighted by Crippen LogP contribution is -2.38. The van der Waals surface area contributed by atoms with Crippen LogP contribution in [0.3, 0.4) is 0 Å². The van der Waals surface area contributed by atoms with E-state index in [0.717, 1.165) is 32.6 Å². The Hall–Kier alpha value is -3.17. The molecule has 0 unspecified atom stereocenters. The molecule has 1 N–H and O–H groups in total. The minimum atomic E-state index is -0.0247. The summed E-state index contributed by atoms with van der Waals surface area (Å²) in [5.41, 5.74) is 3.68. The van der Waals surface area contributed by atoms with Gasteiger partial charge in [0, 0.05) is 23.1 Å². The van der Waals surface area contributed by atoms with Crippen LogP contribution in [0.5, 0.6) is 0 Å². The normalized spacial score (nSPS) is 11.1. The first-order chi connectivity index (χ1) is 15.9. The monoisotopic (exact) mass is 479 g/mol. The van der Waals surface area contributed by atoms with Gasteiger partial charge in [0.15, 0.2) is 0 Å². The molecule has 0 atom stereocenters. The topological polar surface area (TPSA) is 84.2 Å². The zero-order valence-electron chi connectivity index (χ0n) is 18.9. The average molecular weight is 480 g/mol. The number of thioether (sulfide) groups is 1. The van der Waals surface area contributed by atoms with Crippen LogP contribution in [-0.4, -0.2) is 32.9 Å². The van der Waals surface area contributed by atoms with Gasteiger partial charge in [-0.25, -0.2) is 4.98 Å².